The van der Waals surface area contributed by atoms with Gasteiger partial charge in [-0.1, -0.05) is 11.8 Å². The molecule has 8 heteroatoms. The normalized spacial score (nSPS) is 18.1. The summed E-state index contributed by atoms with van der Waals surface area (Å²) in [5.41, 5.74) is 6.28. The highest BCUT2D eigenvalue weighted by Crippen LogP contribution is 2.34. The van der Waals surface area contributed by atoms with Crippen LogP contribution in [-0.4, -0.2) is 20.9 Å². The van der Waals surface area contributed by atoms with E-state index in [0.717, 1.165) is 18.5 Å². The summed E-state index contributed by atoms with van der Waals surface area (Å²) in [5.74, 6) is -0.734. The molecule has 1 atom stereocenters. The van der Waals surface area contributed by atoms with Crippen molar-refractivity contribution in [2.24, 2.45) is 10.7 Å². The van der Waals surface area contributed by atoms with Crippen molar-refractivity contribution < 1.29 is 13.2 Å². The first-order chi connectivity index (χ1) is 10.5. The van der Waals surface area contributed by atoms with Gasteiger partial charge in [0.2, 0.25) is 0 Å². The number of hydrogen-bond donors (Lipinski definition) is 1. The molecule has 0 saturated carbocycles. The van der Waals surface area contributed by atoms with Gasteiger partial charge in [0.1, 0.15) is 11.6 Å². The second-order valence-electron chi connectivity index (χ2n) is 4.71. The molecule has 4 nitrogen and oxygen atoms in total. The fourth-order valence-corrected chi connectivity index (χ4v) is 3.00. The Morgan fingerprint density at radius 1 is 1.09 bits per heavy atom. The summed E-state index contributed by atoms with van der Waals surface area (Å²) in [6, 6.07) is 1.70. The number of benzene rings is 1. The molecular weight excluding hydrogens is 313 g/mol. The van der Waals surface area contributed by atoms with Crippen LogP contribution in [0.25, 0.3) is 11.1 Å². The third kappa shape index (κ3) is 2.92. The summed E-state index contributed by atoms with van der Waals surface area (Å²) < 4.78 is 40.9. The van der Waals surface area contributed by atoms with Gasteiger partial charge in [-0.3, -0.25) is 4.99 Å². The molecule has 0 spiro atoms. The van der Waals surface area contributed by atoms with Crippen molar-refractivity contribution in [1.29, 1.82) is 0 Å². The molecule has 2 N–H and O–H groups in total. The maximum atomic E-state index is 14.1. The number of halogens is 3. The van der Waals surface area contributed by atoms with Crippen LogP contribution in [0.4, 0.5) is 13.2 Å². The summed E-state index contributed by atoms with van der Waals surface area (Å²) in [6.45, 7) is 0. The molecule has 1 aromatic carbocycles. The first kappa shape index (κ1) is 14.8. The summed E-state index contributed by atoms with van der Waals surface area (Å²) in [5, 5.41) is 0.381. The molecule has 3 rings (SSSR count). The molecule has 0 amide bonds. The number of amidine groups is 1. The van der Waals surface area contributed by atoms with Gasteiger partial charge in [-0.15, -0.1) is 0 Å². The van der Waals surface area contributed by atoms with Crippen LogP contribution in [0.3, 0.4) is 0 Å². The lowest BCUT2D eigenvalue weighted by Gasteiger charge is -2.19. The highest BCUT2D eigenvalue weighted by molar-refractivity contribution is 8.13. The molecule has 2 aromatic rings. The number of hydrogen-bond acceptors (Lipinski definition) is 5. The molecule has 0 aliphatic carbocycles. The lowest BCUT2D eigenvalue weighted by molar-refractivity contribution is 0.538. The van der Waals surface area contributed by atoms with Gasteiger partial charge in [-0.05, 0) is 12.5 Å². The zero-order valence-corrected chi connectivity index (χ0v) is 12.1. The standard InChI is InChI=1S/C14H11F3N4S/c15-10-4-11(16)9(12-1-2-22-14(18)21-12)3-8(10)7-5-19-13(17)20-6-7/h3-6,12H,1-2H2,(H2,18,21). The average molecular weight is 324 g/mol. The second kappa shape index (κ2) is 5.96. The Labute approximate surface area is 128 Å². The zero-order chi connectivity index (χ0) is 15.7. The van der Waals surface area contributed by atoms with Crippen LogP contribution in [0.2, 0.25) is 0 Å². The van der Waals surface area contributed by atoms with Crippen LogP contribution >= 0.6 is 11.8 Å². The number of aromatic nitrogens is 2. The van der Waals surface area contributed by atoms with Crippen LogP contribution in [-0.2, 0) is 0 Å². The minimum atomic E-state index is -0.909. The van der Waals surface area contributed by atoms with E-state index >= 15 is 0 Å². The molecule has 2 heterocycles. The van der Waals surface area contributed by atoms with Crippen molar-refractivity contribution in [3.05, 3.63) is 47.8 Å². The van der Waals surface area contributed by atoms with E-state index < -0.39 is 23.8 Å². The van der Waals surface area contributed by atoms with E-state index in [4.69, 9.17) is 5.73 Å². The number of nitrogens with zero attached hydrogens (tertiary/aromatic N) is 3. The van der Waals surface area contributed by atoms with Crippen molar-refractivity contribution in [3.63, 3.8) is 0 Å². The summed E-state index contributed by atoms with van der Waals surface area (Å²) >= 11 is 1.40. The molecule has 22 heavy (non-hydrogen) atoms. The Bertz CT molecular complexity index is 734. The fourth-order valence-electron chi connectivity index (χ4n) is 2.25. The Morgan fingerprint density at radius 2 is 1.82 bits per heavy atom. The maximum absolute atomic E-state index is 14.1. The van der Waals surface area contributed by atoms with Gasteiger partial charge >= 0.3 is 6.08 Å². The van der Waals surface area contributed by atoms with Crippen LogP contribution in [0, 0.1) is 17.7 Å². The van der Waals surface area contributed by atoms with Crippen molar-refractivity contribution in [2.45, 2.75) is 12.5 Å². The molecule has 0 radical (unpaired) electrons. The predicted octanol–water partition coefficient (Wildman–Crippen LogP) is 3.05. The minimum Gasteiger partial charge on any atom is -0.379 e. The zero-order valence-electron chi connectivity index (χ0n) is 11.3. The smallest absolute Gasteiger partial charge is 0.308 e. The average Bonchev–Trinajstić information content (AvgIpc) is 2.48. The molecule has 0 saturated heterocycles. The van der Waals surface area contributed by atoms with E-state index in [1.165, 1.54) is 17.8 Å². The molecular formula is C14H11F3N4S. The summed E-state index contributed by atoms with van der Waals surface area (Å²) in [7, 11) is 0. The van der Waals surface area contributed by atoms with E-state index in [2.05, 4.69) is 15.0 Å². The van der Waals surface area contributed by atoms with Crippen molar-refractivity contribution in [3.8, 4) is 11.1 Å². The number of aliphatic imine (C=N–C) groups is 1. The van der Waals surface area contributed by atoms with Gasteiger partial charge in [0.05, 0.1) is 6.04 Å². The predicted molar refractivity (Wildman–Crippen MR) is 78.8 cm³/mol. The van der Waals surface area contributed by atoms with Gasteiger partial charge in [0.25, 0.3) is 0 Å². The van der Waals surface area contributed by atoms with E-state index in [-0.39, 0.29) is 16.7 Å². The number of thioether (sulfide) groups is 1. The van der Waals surface area contributed by atoms with Crippen molar-refractivity contribution >= 4 is 16.9 Å². The molecule has 1 aromatic heterocycles. The highest BCUT2D eigenvalue weighted by Gasteiger charge is 2.22. The van der Waals surface area contributed by atoms with Gasteiger partial charge in [-0.2, -0.15) is 4.39 Å². The van der Waals surface area contributed by atoms with E-state index in [0.29, 0.717) is 17.3 Å². The fraction of sp³-hybridized carbons (Fsp3) is 0.214. The van der Waals surface area contributed by atoms with Crippen LogP contribution < -0.4 is 5.73 Å². The van der Waals surface area contributed by atoms with Crippen LogP contribution in [0.5, 0.6) is 0 Å². The first-order valence-corrected chi connectivity index (χ1v) is 7.46. The molecule has 1 aliphatic rings. The Balaban J connectivity index is 2.07. The van der Waals surface area contributed by atoms with Gasteiger partial charge in [0, 0.05) is 40.9 Å². The molecule has 0 fully saturated rings. The van der Waals surface area contributed by atoms with E-state index in [9.17, 15) is 13.2 Å². The monoisotopic (exact) mass is 324 g/mol. The molecule has 1 aliphatic heterocycles. The molecule has 1 unspecified atom stereocenters. The van der Waals surface area contributed by atoms with Crippen molar-refractivity contribution in [2.75, 3.05) is 5.75 Å². The topological polar surface area (TPSA) is 64.2 Å². The van der Waals surface area contributed by atoms with Gasteiger partial charge in [0.15, 0.2) is 5.17 Å². The minimum absolute atomic E-state index is 0.100. The molecule has 114 valence electrons. The third-order valence-corrected chi connectivity index (χ3v) is 4.14. The number of rotatable bonds is 2. The lowest BCUT2D eigenvalue weighted by Crippen LogP contribution is -2.16. The lowest BCUT2D eigenvalue weighted by atomic mass is 9.98. The third-order valence-electron chi connectivity index (χ3n) is 3.30. The largest absolute Gasteiger partial charge is 0.379 e. The van der Waals surface area contributed by atoms with Crippen LogP contribution in [0.1, 0.15) is 18.0 Å². The maximum Gasteiger partial charge on any atom is 0.308 e. The van der Waals surface area contributed by atoms with Crippen LogP contribution in [0.15, 0.2) is 29.5 Å². The Kier molecular flexibility index (Phi) is 4.02. The first-order valence-electron chi connectivity index (χ1n) is 6.47. The van der Waals surface area contributed by atoms with E-state index in [1.807, 2.05) is 0 Å². The summed E-state index contributed by atoms with van der Waals surface area (Å²) in [4.78, 5) is 11.0. The Morgan fingerprint density at radius 3 is 2.50 bits per heavy atom. The highest BCUT2D eigenvalue weighted by atomic mass is 32.2. The van der Waals surface area contributed by atoms with Crippen molar-refractivity contribution in [1.82, 2.24) is 9.97 Å². The van der Waals surface area contributed by atoms with E-state index in [1.54, 1.807) is 0 Å². The van der Waals surface area contributed by atoms with Gasteiger partial charge < -0.3 is 5.73 Å². The summed E-state index contributed by atoms with van der Waals surface area (Å²) in [6.07, 6.45) is 1.99. The molecule has 0 bridgehead atoms. The number of nitrogens with two attached hydrogens (primary N) is 1. The quantitative estimate of drug-likeness (QED) is 0.862. The Hall–Kier alpha value is -2.09. The second-order valence-corrected chi connectivity index (χ2v) is 5.83. The van der Waals surface area contributed by atoms with Gasteiger partial charge in [-0.25, -0.2) is 18.7 Å². The SMILES string of the molecule is NC1=NC(c2cc(-c3cnc(F)nc3)c(F)cc2F)CCS1.